The van der Waals surface area contributed by atoms with Gasteiger partial charge in [-0.05, 0) is 0 Å². The molecule has 0 amide bonds. The van der Waals surface area contributed by atoms with E-state index in [1.807, 2.05) is 0 Å². The summed E-state index contributed by atoms with van der Waals surface area (Å²) in [6.07, 6.45) is -6.87. The number of hydrogen-bond donors (Lipinski definition) is 0. The van der Waals surface area contributed by atoms with Gasteiger partial charge in [0.15, 0.2) is 0 Å². The van der Waals surface area contributed by atoms with Crippen molar-refractivity contribution in [3.05, 3.63) is 12.8 Å². The fourth-order valence-electron chi connectivity index (χ4n) is 0.741. The Labute approximate surface area is 68.0 Å². The van der Waals surface area contributed by atoms with Crippen molar-refractivity contribution in [1.82, 2.24) is 0 Å². The van der Waals surface area contributed by atoms with Gasteiger partial charge in [0, 0.05) is 12.8 Å². The summed E-state index contributed by atoms with van der Waals surface area (Å²) >= 11 is 0. The molecule has 0 aliphatic heterocycles. The van der Waals surface area contributed by atoms with E-state index in [0.29, 0.717) is 0 Å². The summed E-state index contributed by atoms with van der Waals surface area (Å²) in [5, 5.41) is 0. The van der Waals surface area contributed by atoms with Crippen molar-refractivity contribution >= 4 is 0 Å². The third-order valence-electron chi connectivity index (χ3n) is 1.17. The smallest absolute Gasteiger partial charge is 0.242 e. The lowest BCUT2D eigenvalue weighted by Gasteiger charge is -2.14. The molecule has 1 nitrogen and oxygen atoms in total. The van der Waals surface area contributed by atoms with E-state index in [9.17, 15) is 17.6 Å². The van der Waals surface area contributed by atoms with Gasteiger partial charge in [0.2, 0.25) is 12.9 Å². The molecule has 0 aromatic rings. The van der Waals surface area contributed by atoms with E-state index in [0.717, 1.165) is 6.26 Å². The molecule has 0 aromatic heterocycles. The minimum Gasteiger partial charge on any atom is -0.498 e. The van der Waals surface area contributed by atoms with E-state index < -0.39 is 31.8 Å². The summed E-state index contributed by atoms with van der Waals surface area (Å²) in [7, 11) is 0. The van der Waals surface area contributed by atoms with E-state index in [1.54, 1.807) is 0 Å². The predicted molar refractivity (Wildman–Crippen MR) is 36.3 cm³/mol. The Morgan fingerprint density at radius 2 is 1.50 bits per heavy atom. The Bertz CT molecular complexity index is 117. The van der Waals surface area contributed by atoms with E-state index in [1.165, 1.54) is 0 Å². The summed E-state index contributed by atoms with van der Waals surface area (Å²) in [5.41, 5.74) is 0. The van der Waals surface area contributed by atoms with Gasteiger partial charge in [-0.3, -0.25) is 0 Å². The maximum atomic E-state index is 11.7. The molecule has 0 radical (unpaired) electrons. The van der Waals surface area contributed by atoms with Crippen LogP contribution in [0.3, 0.4) is 0 Å². The maximum absolute atomic E-state index is 11.7. The topological polar surface area (TPSA) is 9.23 Å². The van der Waals surface area contributed by atoms with Gasteiger partial charge in [-0.1, -0.05) is 6.58 Å². The third-order valence-corrected chi connectivity index (χ3v) is 1.17. The minimum atomic E-state index is -2.63. The lowest BCUT2D eigenvalue weighted by molar-refractivity contribution is 0.0101. The highest BCUT2D eigenvalue weighted by atomic mass is 19.3. The van der Waals surface area contributed by atoms with E-state index >= 15 is 0 Å². The average molecular weight is 186 g/mol. The number of hydrogen-bond acceptors (Lipinski definition) is 1. The second-order valence-electron chi connectivity index (χ2n) is 2.18. The zero-order chi connectivity index (χ0) is 9.56. The van der Waals surface area contributed by atoms with Gasteiger partial charge in [0.1, 0.15) is 6.10 Å². The monoisotopic (exact) mass is 186 g/mol. The van der Waals surface area contributed by atoms with Gasteiger partial charge >= 0.3 is 0 Å². The van der Waals surface area contributed by atoms with Gasteiger partial charge in [-0.25, -0.2) is 17.6 Å². The molecular formula is C7H10F4O. The van der Waals surface area contributed by atoms with Crippen molar-refractivity contribution in [3.63, 3.8) is 0 Å². The zero-order valence-electron chi connectivity index (χ0n) is 6.35. The standard InChI is InChI=1S/C7H10F4O/c1-2-12-5(3-6(8)9)4-7(10)11/h2,5-7H,1,3-4H2. The average Bonchev–Trinajstić information content (AvgIpc) is 1.84. The molecule has 72 valence electrons. The molecule has 0 rings (SSSR count). The Kier molecular flexibility index (Phi) is 5.49. The van der Waals surface area contributed by atoms with Crippen LogP contribution >= 0.6 is 0 Å². The van der Waals surface area contributed by atoms with Crippen LogP contribution in [0.2, 0.25) is 0 Å². The molecular weight excluding hydrogens is 176 g/mol. The molecule has 0 aliphatic carbocycles. The summed E-state index contributed by atoms with van der Waals surface area (Å²) in [4.78, 5) is 0. The Morgan fingerprint density at radius 3 is 1.75 bits per heavy atom. The van der Waals surface area contributed by atoms with Crippen LogP contribution in [0.25, 0.3) is 0 Å². The first-order valence-electron chi connectivity index (χ1n) is 3.39. The molecule has 0 unspecified atom stereocenters. The Morgan fingerprint density at radius 1 is 1.08 bits per heavy atom. The fourth-order valence-corrected chi connectivity index (χ4v) is 0.741. The lowest BCUT2D eigenvalue weighted by Crippen LogP contribution is -2.17. The van der Waals surface area contributed by atoms with Crippen molar-refractivity contribution in [1.29, 1.82) is 0 Å². The molecule has 12 heavy (non-hydrogen) atoms. The SMILES string of the molecule is C=COC(CC(F)F)CC(F)F. The van der Waals surface area contributed by atoms with Crippen molar-refractivity contribution in [2.45, 2.75) is 31.8 Å². The highest BCUT2D eigenvalue weighted by molar-refractivity contribution is 4.65. The van der Waals surface area contributed by atoms with Crippen LogP contribution in [0.4, 0.5) is 17.6 Å². The summed E-state index contributed by atoms with van der Waals surface area (Å²) in [5.74, 6) is 0. The van der Waals surface area contributed by atoms with Gasteiger partial charge in [-0.15, -0.1) is 0 Å². The number of rotatable bonds is 6. The fraction of sp³-hybridized carbons (Fsp3) is 0.714. The number of halogens is 4. The zero-order valence-corrected chi connectivity index (χ0v) is 6.35. The molecule has 0 atom stereocenters. The van der Waals surface area contributed by atoms with E-state index in [-0.39, 0.29) is 0 Å². The van der Waals surface area contributed by atoms with Crippen molar-refractivity contribution in [3.8, 4) is 0 Å². The second-order valence-corrected chi connectivity index (χ2v) is 2.18. The molecule has 0 spiro atoms. The second kappa shape index (κ2) is 5.85. The van der Waals surface area contributed by atoms with Gasteiger partial charge in [0.05, 0.1) is 6.26 Å². The molecule has 0 saturated heterocycles. The van der Waals surface area contributed by atoms with Crippen LogP contribution < -0.4 is 0 Å². The maximum Gasteiger partial charge on any atom is 0.242 e. The van der Waals surface area contributed by atoms with Crippen LogP contribution in [0.5, 0.6) is 0 Å². The molecule has 5 heteroatoms. The van der Waals surface area contributed by atoms with Crippen LogP contribution in [0.1, 0.15) is 12.8 Å². The molecule has 0 heterocycles. The van der Waals surface area contributed by atoms with Gasteiger partial charge in [0.25, 0.3) is 0 Å². The first kappa shape index (κ1) is 11.3. The van der Waals surface area contributed by atoms with E-state index in [2.05, 4.69) is 11.3 Å². The van der Waals surface area contributed by atoms with Crippen LogP contribution in [0.15, 0.2) is 12.8 Å². The lowest BCUT2D eigenvalue weighted by atomic mass is 10.2. The normalized spacial score (nSPS) is 11.2. The molecule has 0 saturated carbocycles. The van der Waals surface area contributed by atoms with Gasteiger partial charge in [-0.2, -0.15) is 0 Å². The van der Waals surface area contributed by atoms with Crippen molar-refractivity contribution < 1.29 is 22.3 Å². The van der Waals surface area contributed by atoms with Crippen LogP contribution in [0, 0.1) is 0 Å². The van der Waals surface area contributed by atoms with Crippen LogP contribution in [-0.2, 0) is 4.74 Å². The van der Waals surface area contributed by atoms with Crippen LogP contribution in [-0.4, -0.2) is 19.0 Å². The van der Waals surface area contributed by atoms with Gasteiger partial charge < -0.3 is 4.74 Å². The highest BCUT2D eigenvalue weighted by Gasteiger charge is 2.19. The Balaban J connectivity index is 3.77. The van der Waals surface area contributed by atoms with E-state index in [4.69, 9.17) is 0 Å². The molecule has 0 aliphatic rings. The first-order chi connectivity index (χ1) is 5.56. The predicted octanol–water partition coefficient (Wildman–Crippen LogP) is 2.83. The summed E-state index contributed by atoms with van der Waals surface area (Å²) < 4.78 is 51.3. The van der Waals surface area contributed by atoms with Crippen molar-refractivity contribution in [2.75, 3.05) is 0 Å². The summed E-state index contributed by atoms with van der Waals surface area (Å²) in [6.45, 7) is 3.10. The Hall–Kier alpha value is -0.740. The number of alkyl halides is 4. The first-order valence-corrected chi connectivity index (χ1v) is 3.39. The largest absolute Gasteiger partial charge is 0.498 e. The molecule has 0 N–H and O–H groups in total. The van der Waals surface area contributed by atoms with Crippen molar-refractivity contribution in [2.24, 2.45) is 0 Å². The third kappa shape index (κ3) is 6.00. The highest BCUT2D eigenvalue weighted by Crippen LogP contribution is 2.15. The number of ether oxygens (including phenoxy) is 1. The quantitative estimate of drug-likeness (QED) is 0.457. The summed E-state index contributed by atoms with van der Waals surface area (Å²) in [6, 6.07) is 0. The minimum absolute atomic E-state index is 0.684. The molecule has 0 bridgehead atoms. The molecule has 0 fully saturated rings. The molecule has 0 aromatic carbocycles.